The summed E-state index contributed by atoms with van der Waals surface area (Å²) in [5.74, 6) is 0.0611. The Morgan fingerprint density at radius 3 is 2.91 bits per heavy atom. The largest absolute Gasteiger partial charge is 0.492 e. The predicted octanol–water partition coefficient (Wildman–Crippen LogP) is 0.348. The Bertz CT molecular complexity index is 674. The molecule has 0 unspecified atom stereocenters. The summed E-state index contributed by atoms with van der Waals surface area (Å²) in [6.07, 6.45) is 0. The molecule has 0 atom stereocenters. The summed E-state index contributed by atoms with van der Waals surface area (Å²) < 4.78 is 6.99. The zero-order valence-corrected chi connectivity index (χ0v) is 12.5. The van der Waals surface area contributed by atoms with E-state index in [2.05, 4.69) is 15.5 Å². The van der Waals surface area contributed by atoms with Crippen LogP contribution in [0.3, 0.4) is 0 Å². The van der Waals surface area contributed by atoms with Gasteiger partial charge in [-0.1, -0.05) is 23.9 Å². The van der Waals surface area contributed by atoms with Crippen LogP contribution in [0.5, 0.6) is 5.75 Å². The van der Waals surface area contributed by atoms with Crippen LogP contribution in [0.4, 0.5) is 4.79 Å². The molecule has 10 heteroatoms. The van der Waals surface area contributed by atoms with Crippen molar-refractivity contribution in [2.45, 2.75) is 12.1 Å². The molecule has 0 radical (unpaired) electrons. The number of benzene rings is 1. The molecule has 3 amide bonds. The van der Waals surface area contributed by atoms with E-state index in [4.69, 9.17) is 10.5 Å². The first-order chi connectivity index (χ1) is 10.6. The van der Waals surface area contributed by atoms with E-state index in [1.54, 1.807) is 12.1 Å². The highest BCUT2D eigenvalue weighted by molar-refractivity contribution is 7.99. The predicted molar refractivity (Wildman–Crippen MR) is 78.8 cm³/mol. The van der Waals surface area contributed by atoms with Crippen LogP contribution in [0.2, 0.25) is 0 Å². The number of amides is 3. The van der Waals surface area contributed by atoms with Crippen LogP contribution in [0.1, 0.15) is 6.92 Å². The van der Waals surface area contributed by atoms with Gasteiger partial charge in [-0.2, -0.15) is 4.68 Å². The lowest BCUT2D eigenvalue weighted by molar-refractivity contribution is -0.117. The van der Waals surface area contributed by atoms with Crippen LogP contribution in [0, 0.1) is 0 Å². The topological polar surface area (TPSA) is 125 Å². The van der Waals surface area contributed by atoms with Crippen molar-refractivity contribution in [2.24, 2.45) is 5.73 Å². The number of para-hydroxylation sites is 2. The summed E-state index contributed by atoms with van der Waals surface area (Å²) in [5.41, 5.74) is 5.53. The molecule has 9 nitrogen and oxygen atoms in total. The van der Waals surface area contributed by atoms with E-state index in [1.807, 2.05) is 24.4 Å². The fourth-order valence-electron chi connectivity index (χ4n) is 1.63. The number of primary amides is 1. The molecule has 0 aliphatic carbocycles. The number of hydrogen-bond donors (Lipinski definition) is 2. The van der Waals surface area contributed by atoms with Crippen molar-refractivity contribution in [2.75, 3.05) is 12.4 Å². The third kappa shape index (κ3) is 3.95. The number of hydrogen-bond acceptors (Lipinski definition) is 7. The Hall–Kier alpha value is -2.62. The fraction of sp³-hybridized carbons (Fsp3) is 0.250. The number of carbonyl (C=O) groups excluding carboxylic acids is 2. The number of tetrazole rings is 1. The highest BCUT2D eigenvalue weighted by atomic mass is 32.2. The van der Waals surface area contributed by atoms with Gasteiger partial charge in [-0.05, 0) is 29.5 Å². The molecule has 0 fully saturated rings. The van der Waals surface area contributed by atoms with Gasteiger partial charge in [0.2, 0.25) is 11.1 Å². The first-order valence-electron chi connectivity index (χ1n) is 6.34. The maximum atomic E-state index is 11.4. The minimum atomic E-state index is -0.896. The summed E-state index contributed by atoms with van der Waals surface area (Å²) in [5, 5.41) is 13.7. The highest BCUT2D eigenvalue weighted by Crippen LogP contribution is 2.25. The molecule has 3 N–H and O–H groups in total. The van der Waals surface area contributed by atoms with E-state index in [0.717, 1.165) is 11.8 Å². The molecule has 116 valence electrons. The van der Waals surface area contributed by atoms with Gasteiger partial charge < -0.3 is 10.5 Å². The van der Waals surface area contributed by atoms with Crippen LogP contribution in [0.25, 0.3) is 5.69 Å². The quantitative estimate of drug-likeness (QED) is 0.735. The molecule has 0 bridgehead atoms. The van der Waals surface area contributed by atoms with Crippen LogP contribution in [0.15, 0.2) is 29.4 Å². The lowest BCUT2D eigenvalue weighted by Crippen LogP contribution is -2.36. The number of ether oxygens (including phenoxy) is 1. The molecule has 22 heavy (non-hydrogen) atoms. The number of nitrogens with one attached hydrogen (secondary N) is 1. The summed E-state index contributed by atoms with van der Waals surface area (Å²) >= 11 is 1.08. The highest BCUT2D eigenvalue weighted by Gasteiger charge is 2.15. The van der Waals surface area contributed by atoms with Gasteiger partial charge in [0.1, 0.15) is 11.4 Å². The lowest BCUT2D eigenvalue weighted by Gasteiger charge is -2.10. The Morgan fingerprint density at radius 2 is 2.18 bits per heavy atom. The van der Waals surface area contributed by atoms with Gasteiger partial charge in [-0.3, -0.25) is 10.1 Å². The number of nitrogens with zero attached hydrogens (tertiary/aromatic N) is 4. The molecule has 0 aliphatic heterocycles. The summed E-state index contributed by atoms with van der Waals surface area (Å²) in [7, 11) is 0. The number of aromatic nitrogens is 4. The Balaban J connectivity index is 2.16. The lowest BCUT2D eigenvalue weighted by atomic mass is 10.3. The number of urea groups is 1. The first kappa shape index (κ1) is 15.8. The van der Waals surface area contributed by atoms with Crippen molar-refractivity contribution in [1.82, 2.24) is 25.5 Å². The van der Waals surface area contributed by atoms with Gasteiger partial charge >= 0.3 is 6.03 Å². The van der Waals surface area contributed by atoms with Crippen LogP contribution >= 0.6 is 11.8 Å². The number of nitrogens with two attached hydrogens (primary N) is 1. The molecular weight excluding hydrogens is 308 g/mol. The second-order valence-corrected chi connectivity index (χ2v) is 4.92. The van der Waals surface area contributed by atoms with Gasteiger partial charge in [0.15, 0.2) is 0 Å². The molecule has 1 aromatic heterocycles. The second kappa shape index (κ2) is 7.41. The van der Waals surface area contributed by atoms with Gasteiger partial charge in [-0.15, -0.1) is 5.10 Å². The van der Waals surface area contributed by atoms with Crippen molar-refractivity contribution < 1.29 is 14.3 Å². The van der Waals surface area contributed by atoms with Gasteiger partial charge in [0.25, 0.3) is 0 Å². The van der Waals surface area contributed by atoms with E-state index in [9.17, 15) is 9.59 Å². The number of carbonyl (C=O) groups is 2. The third-order valence-corrected chi connectivity index (χ3v) is 3.35. The van der Waals surface area contributed by atoms with Crippen LogP contribution in [-0.4, -0.2) is 44.5 Å². The first-order valence-corrected chi connectivity index (χ1v) is 7.33. The summed E-state index contributed by atoms with van der Waals surface area (Å²) in [6, 6.07) is 6.37. The number of imide groups is 1. The Morgan fingerprint density at radius 1 is 1.41 bits per heavy atom. The summed E-state index contributed by atoms with van der Waals surface area (Å²) in [6.45, 7) is 2.38. The molecule has 2 rings (SSSR count). The van der Waals surface area contributed by atoms with Crippen molar-refractivity contribution in [3.05, 3.63) is 24.3 Å². The van der Waals surface area contributed by atoms with Crippen molar-refractivity contribution in [1.29, 1.82) is 0 Å². The standard InChI is InChI=1S/C12H14N6O3S/c1-2-21-9-6-4-3-5-8(9)18-12(15-16-17-18)22-7-10(19)14-11(13)20/h3-6H,2,7H2,1H3,(H3,13,14,19,20). The van der Waals surface area contributed by atoms with E-state index in [-0.39, 0.29) is 5.75 Å². The zero-order valence-electron chi connectivity index (χ0n) is 11.7. The van der Waals surface area contributed by atoms with E-state index >= 15 is 0 Å². The second-order valence-electron chi connectivity index (χ2n) is 3.98. The van der Waals surface area contributed by atoms with E-state index in [0.29, 0.717) is 23.2 Å². The van der Waals surface area contributed by atoms with Crippen molar-refractivity contribution >= 4 is 23.7 Å². The molecule has 0 spiro atoms. The fourth-order valence-corrected chi connectivity index (χ4v) is 2.32. The molecular formula is C12H14N6O3S. The SMILES string of the molecule is CCOc1ccccc1-n1nnnc1SCC(=O)NC(N)=O. The number of thioether (sulfide) groups is 1. The molecule has 0 saturated heterocycles. The van der Waals surface area contributed by atoms with Crippen molar-refractivity contribution in [3.63, 3.8) is 0 Å². The molecule has 1 heterocycles. The summed E-state index contributed by atoms with van der Waals surface area (Å²) in [4.78, 5) is 22.0. The normalized spacial score (nSPS) is 10.2. The monoisotopic (exact) mass is 322 g/mol. The molecule has 0 aliphatic rings. The molecule has 0 saturated carbocycles. The average Bonchev–Trinajstić information content (AvgIpc) is 2.93. The maximum Gasteiger partial charge on any atom is 0.318 e. The molecule has 2 aromatic rings. The smallest absolute Gasteiger partial charge is 0.318 e. The van der Waals surface area contributed by atoms with Crippen LogP contribution in [-0.2, 0) is 4.79 Å². The number of rotatable bonds is 6. The van der Waals surface area contributed by atoms with E-state index in [1.165, 1.54) is 4.68 Å². The van der Waals surface area contributed by atoms with E-state index < -0.39 is 11.9 Å². The Kier molecular flexibility index (Phi) is 5.31. The molecule has 1 aromatic carbocycles. The third-order valence-electron chi connectivity index (χ3n) is 2.43. The van der Waals surface area contributed by atoms with Crippen LogP contribution < -0.4 is 15.8 Å². The van der Waals surface area contributed by atoms with Gasteiger partial charge in [0, 0.05) is 0 Å². The Labute approximate surface area is 130 Å². The average molecular weight is 322 g/mol. The van der Waals surface area contributed by atoms with Gasteiger partial charge in [0.05, 0.1) is 12.4 Å². The van der Waals surface area contributed by atoms with Crippen molar-refractivity contribution in [3.8, 4) is 11.4 Å². The minimum Gasteiger partial charge on any atom is -0.492 e. The zero-order chi connectivity index (χ0) is 15.9. The van der Waals surface area contributed by atoms with Gasteiger partial charge in [-0.25, -0.2) is 4.79 Å². The maximum absolute atomic E-state index is 11.4. The minimum absolute atomic E-state index is 0.0416.